The average molecular weight is 423 g/mol. The van der Waals surface area contributed by atoms with Gasteiger partial charge < -0.3 is 15.2 Å². The number of pyridine rings is 2. The maximum Gasteiger partial charge on any atom is 0.238 e. The Balaban J connectivity index is 2.10. The molecule has 0 saturated heterocycles. The molecule has 3 aromatic heterocycles. The summed E-state index contributed by atoms with van der Waals surface area (Å²) in [4.78, 5) is 17.1. The zero-order chi connectivity index (χ0) is 21.9. The van der Waals surface area contributed by atoms with Gasteiger partial charge in [0.2, 0.25) is 11.8 Å². The summed E-state index contributed by atoms with van der Waals surface area (Å²) in [5.41, 5.74) is 10.6. The van der Waals surface area contributed by atoms with Crippen LogP contribution in [-0.4, -0.2) is 43.4 Å². The van der Waals surface area contributed by atoms with E-state index in [1.165, 1.54) is 13.4 Å². The quantitative estimate of drug-likeness (QED) is 0.489. The van der Waals surface area contributed by atoms with Crippen LogP contribution >= 0.6 is 0 Å². The van der Waals surface area contributed by atoms with Crippen molar-refractivity contribution in [2.24, 2.45) is 0 Å². The molecule has 0 aliphatic carbocycles. The van der Waals surface area contributed by atoms with E-state index in [0.29, 0.717) is 34.1 Å². The molecule has 0 amide bonds. The van der Waals surface area contributed by atoms with Crippen molar-refractivity contribution in [2.45, 2.75) is 13.8 Å². The van der Waals surface area contributed by atoms with Crippen LogP contribution in [0.25, 0.3) is 11.3 Å². The number of methoxy groups -OCH3 is 1. The van der Waals surface area contributed by atoms with Gasteiger partial charge in [0, 0.05) is 45.2 Å². The highest BCUT2D eigenvalue weighted by Crippen LogP contribution is 2.25. The SMILES string of the molecule is C=S(C)(=O)Nc1cc(C#Cc2c(C)nc(N)nc2-c2ccnc(C)c2)cnc1OC. The van der Waals surface area contributed by atoms with E-state index in [1.807, 2.05) is 26.0 Å². The lowest BCUT2D eigenvalue weighted by Gasteiger charge is -2.11. The third kappa shape index (κ3) is 5.04. The summed E-state index contributed by atoms with van der Waals surface area (Å²) >= 11 is 0. The lowest BCUT2D eigenvalue weighted by molar-refractivity contribution is 0.400. The molecule has 1 atom stereocenters. The minimum absolute atomic E-state index is 0.174. The summed E-state index contributed by atoms with van der Waals surface area (Å²) < 4.78 is 20.1. The summed E-state index contributed by atoms with van der Waals surface area (Å²) in [5.74, 6) is 10.3. The number of nitrogens with one attached hydrogen (secondary N) is 1. The van der Waals surface area contributed by atoms with Crippen molar-refractivity contribution in [3.63, 3.8) is 0 Å². The fraction of sp³-hybridized carbons (Fsp3) is 0.190. The third-order valence-electron chi connectivity index (χ3n) is 3.98. The summed E-state index contributed by atoms with van der Waals surface area (Å²) in [6.07, 6.45) is 4.77. The van der Waals surface area contributed by atoms with Crippen LogP contribution < -0.4 is 15.2 Å². The van der Waals surface area contributed by atoms with E-state index < -0.39 is 9.71 Å². The number of nitrogens with two attached hydrogens (primary N) is 1. The fourth-order valence-electron chi connectivity index (χ4n) is 2.77. The molecule has 3 N–H and O–H groups in total. The molecule has 3 aromatic rings. The van der Waals surface area contributed by atoms with Crippen LogP contribution in [-0.2, 0) is 9.71 Å². The van der Waals surface area contributed by atoms with Gasteiger partial charge >= 0.3 is 0 Å². The second-order valence-electron chi connectivity index (χ2n) is 6.71. The van der Waals surface area contributed by atoms with Crippen LogP contribution in [0.1, 0.15) is 22.5 Å². The van der Waals surface area contributed by atoms with Crippen LogP contribution in [0.3, 0.4) is 0 Å². The van der Waals surface area contributed by atoms with Crippen molar-refractivity contribution in [1.29, 1.82) is 0 Å². The van der Waals surface area contributed by atoms with Gasteiger partial charge in [-0.3, -0.25) is 4.98 Å². The van der Waals surface area contributed by atoms with E-state index in [9.17, 15) is 4.21 Å². The van der Waals surface area contributed by atoms with Gasteiger partial charge in [-0.25, -0.2) is 19.2 Å². The Morgan fingerprint density at radius 1 is 1.20 bits per heavy atom. The van der Waals surface area contributed by atoms with E-state index in [4.69, 9.17) is 10.5 Å². The van der Waals surface area contributed by atoms with Crippen molar-refractivity contribution < 1.29 is 8.95 Å². The number of hydrogen-bond donors (Lipinski definition) is 2. The molecule has 0 aliphatic rings. The van der Waals surface area contributed by atoms with E-state index in [1.54, 1.807) is 18.5 Å². The van der Waals surface area contributed by atoms with E-state index >= 15 is 0 Å². The van der Waals surface area contributed by atoms with Gasteiger partial charge in [0.15, 0.2) is 0 Å². The standard InChI is InChI=1S/C21H22N6O2S/c1-13-10-16(8-9-23-13)19-17(14(2)25-21(22)26-19)7-6-15-11-18(27-30(4,5)28)20(29-3)24-12-15/h8-12H,4H2,1-3,5H3,(H,27,28)(H2,22,25,26). The maximum absolute atomic E-state index is 12.0. The van der Waals surface area contributed by atoms with Crippen LogP contribution in [0.4, 0.5) is 11.6 Å². The van der Waals surface area contributed by atoms with Gasteiger partial charge in [-0.1, -0.05) is 11.8 Å². The lowest BCUT2D eigenvalue weighted by atomic mass is 10.0. The normalized spacial score (nSPS) is 12.4. The molecule has 30 heavy (non-hydrogen) atoms. The maximum atomic E-state index is 12.0. The van der Waals surface area contributed by atoms with E-state index in [2.05, 4.69) is 42.4 Å². The molecular weight excluding hydrogens is 400 g/mol. The van der Waals surface area contributed by atoms with Gasteiger partial charge in [0.05, 0.1) is 24.1 Å². The molecule has 0 saturated carbocycles. The highest BCUT2D eigenvalue weighted by molar-refractivity contribution is 8.00. The van der Waals surface area contributed by atoms with Crippen molar-refractivity contribution in [3.05, 3.63) is 53.1 Å². The second kappa shape index (κ2) is 8.39. The van der Waals surface area contributed by atoms with Crippen LogP contribution in [0.5, 0.6) is 5.88 Å². The Morgan fingerprint density at radius 3 is 2.63 bits per heavy atom. The Labute approximate surface area is 176 Å². The number of nitrogens with zero attached hydrogens (tertiary/aromatic N) is 4. The van der Waals surface area contributed by atoms with Crippen LogP contribution in [0, 0.1) is 25.7 Å². The first-order valence-electron chi connectivity index (χ1n) is 8.89. The smallest absolute Gasteiger partial charge is 0.238 e. The minimum Gasteiger partial charge on any atom is -0.480 e. The molecule has 0 bridgehead atoms. The van der Waals surface area contributed by atoms with E-state index in [0.717, 1.165) is 11.3 Å². The third-order valence-corrected chi connectivity index (χ3v) is 4.63. The van der Waals surface area contributed by atoms with Crippen molar-refractivity contribution in [3.8, 4) is 29.0 Å². The molecule has 0 spiro atoms. The number of nitrogen functional groups attached to an aromatic ring is 1. The first kappa shape index (κ1) is 21.1. The Bertz CT molecular complexity index is 1280. The number of aromatic nitrogens is 4. The van der Waals surface area contributed by atoms with Crippen molar-refractivity contribution in [1.82, 2.24) is 19.9 Å². The fourth-order valence-corrected chi connectivity index (χ4v) is 3.38. The first-order chi connectivity index (χ1) is 14.2. The topological polar surface area (TPSA) is 116 Å². The Hall–Kier alpha value is -3.64. The predicted molar refractivity (Wildman–Crippen MR) is 121 cm³/mol. The molecule has 3 rings (SSSR count). The molecular formula is C21H22N6O2S. The molecule has 0 aliphatic heterocycles. The van der Waals surface area contributed by atoms with Crippen molar-refractivity contribution >= 4 is 27.2 Å². The molecule has 3 heterocycles. The second-order valence-corrected chi connectivity index (χ2v) is 8.93. The molecule has 0 radical (unpaired) electrons. The number of ether oxygens (including phenoxy) is 1. The zero-order valence-electron chi connectivity index (χ0n) is 17.2. The number of rotatable bonds is 4. The van der Waals surface area contributed by atoms with Gasteiger partial charge in [-0.15, -0.1) is 0 Å². The predicted octanol–water partition coefficient (Wildman–Crippen LogP) is 2.21. The van der Waals surface area contributed by atoms with Gasteiger partial charge in [0.25, 0.3) is 0 Å². The molecule has 8 nitrogen and oxygen atoms in total. The van der Waals surface area contributed by atoms with Gasteiger partial charge in [-0.05, 0) is 37.9 Å². The minimum atomic E-state index is -2.51. The van der Waals surface area contributed by atoms with Crippen LogP contribution in [0.15, 0.2) is 30.6 Å². The monoisotopic (exact) mass is 422 g/mol. The van der Waals surface area contributed by atoms with Crippen molar-refractivity contribution in [2.75, 3.05) is 23.8 Å². The first-order valence-corrected chi connectivity index (χ1v) is 11.0. The lowest BCUT2D eigenvalue weighted by Crippen LogP contribution is -2.11. The highest BCUT2D eigenvalue weighted by atomic mass is 32.2. The molecule has 154 valence electrons. The highest BCUT2D eigenvalue weighted by Gasteiger charge is 2.12. The number of anilines is 2. The Morgan fingerprint density at radius 2 is 1.97 bits per heavy atom. The summed E-state index contributed by atoms with van der Waals surface area (Å²) in [7, 11) is -1.03. The summed E-state index contributed by atoms with van der Waals surface area (Å²) in [6, 6.07) is 5.47. The van der Waals surface area contributed by atoms with Crippen LogP contribution in [0.2, 0.25) is 0 Å². The average Bonchev–Trinajstić information content (AvgIpc) is 2.65. The zero-order valence-corrected chi connectivity index (χ0v) is 18.0. The summed E-state index contributed by atoms with van der Waals surface area (Å²) in [6.45, 7) is 3.73. The summed E-state index contributed by atoms with van der Waals surface area (Å²) in [5, 5.41) is 0. The Kier molecular flexibility index (Phi) is 5.89. The van der Waals surface area contributed by atoms with E-state index in [-0.39, 0.29) is 5.95 Å². The van der Waals surface area contributed by atoms with Gasteiger partial charge in [0.1, 0.15) is 5.69 Å². The molecule has 0 aromatic carbocycles. The molecule has 0 fully saturated rings. The number of aryl methyl sites for hydroxylation is 2. The molecule has 1 unspecified atom stereocenters. The number of hydrogen-bond acceptors (Lipinski definition) is 7. The van der Waals surface area contributed by atoms with Gasteiger partial charge in [-0.2, -0.15) is 0 Å². The largest absolute Gasteiger partial charge is 0.480 e. The molecule has 9 heteroatoms.